The molecular weight excluding hydrogens is 190 g/mol. The van der Waals surface area contributed by atoms with E-state index in [9.17, 15) is 4.79 Å². The highest BCUT2D eigenvalue weighted by molar-refractivity contribution is 5.88. The molecule has 0 saturated carbocycles. The van der Waals surface area contributed by atoms with E-state index in [4.69, 9.17) is 10.5 Å². The maximum atomic E-state index is 11.9. The van der Waals surface area contributed by atoms with Gasteiger partial charge in [-0.15, -0.1) is 0 Å². The molecule has 0 atom stereocenters. The quantitative estimate of drug-likeness (QED) is 0.687. The molecule has 1 heterocycles. The van der Waals surface area contributed by atoms with Crippen molar-refractivity contribution >= 4 is 5.78 Å². The van der Waals surface area contributed by atoms with Crippen molar-refractivity contribution in [2.24, 2.45) is 5.73 Å². The molecule has 1 fully saturated rings. The third-order valence-electron chi connectivity index (χ3n) is 3.20. The Morgan fingerprint density at radius 3 is 2.53 bits per heavy atom. The van der Waals surface area contributed by atoms with Gasteiger partial charge in [-0.2, -0.15) is 0 Å². The van der Waals surface area contributed by atoms with Gasteiger partial charge in [-0.1, -0.05) is 26.2 Å². The van der Waals surface area contributed by atoms with E-state index in [-0.39, 0.29) is 5.78 Å². The minimum atomic E-state index is -0.579. The van der Waals surface area contributed by atoms with Crippen LogP contribution >= 0.6 is 0 Å². The summed E-state index contributed by atoms with van der Waals surface area (Å²) in [6, 6.07) is 0. The van der Waals surface area contributed by atoms with Gasteiger partial charge >= 0.3 is 0 Å². The SMILES string of the molecule is CCCCCCC(=O)C1(N)CCOCC1. The van der Waals surface area contributed by atoms with Gasteiger partial charge in [0.25, 0.3) is 0 Å². The van der Waals surface area contributed by atoms with Crippen LogP contribution in [0, 0.1) is 0 Å². The lowest BCUT2D eigenvalue weighted by molar-refractivity contribution is -0.127. The topological polar surface area (TPSA) is 52.3 Å². The highest BCUT2D eigenvalue weighted by Gasteiger charge is 2.34. The van der Waals surface area contributed by atoms with Crippen LogP contribution in [0.5, 0.6) is 0 Å². The summed E-state index contributed by atoms with van der Waals surface area (Å²) in [7, 11) is 0. The van der Waals surface area contributed by atoms with Crippen LogP contribution in [0.3, 0.4) is 0 Å². The number of Topliss-reactive ketones (excluding diaryl/α,β-unsaturated/α-hetero) is 1. The largest absolute Gasteiger partial charge is 0.381 e. The summed E-state index contributed by atoms with van der Waals surface area (Å²) in [5, 5.41) is 0. The number of hydrogen-bond donors (Lipinski definition) is 1. The predicted molar refractivity (Wildman–Crippen MR) is 60.7 cm³/mol. The molecule has 88 valence electrons. The van der Waals surface area contributed by atoms with E-state index in [1.165, 1.54) is 12.8 Å². The van der Waals surface area contributed by atoms with Crippen LogP contribution in [-0.2, 0) is 9.53 Å². The molecular formula is C12H23NO2. The molecule has 0 spiro atoms. The van der Waals surface area contributed by atoms with Crippen LogP contribution in [0.4, 0.5) is 0 Å². The van der Waals surface area contributed by atoms with Crippen molar-refractivity contribution in [1.82, 2.24) is 0 Å². The molecule has 3 nitrogen and oxygen atoms in total. The lowest BCUT2D eigenvalue weighted by atomic mass is 9.84. The van der Waals surface area contributed by atoms with Crippen molar-refractivity contribution in [3.05, 3.63) is 0 Å². The van der Waals surface area contributed by atoms with Crippen LogP contribution in [0.15, 0.2) is 0 Å². The van der Waals surface area contributed by atoms with Crippen LogP contribution < -0.4 is 5.73 Å². The van der Waals surface area contributed by atoms with Gasteiger partial charge in [-0.05, 0) is 19.3 Å². The predicted octanol–water partition coefficient (Wildman–Crippen LogP) is 2.03. The average molecular weight is 213 g/mol. The van der Waals surface area contributed by atoms with Gasteiger partial charge in [0.2, 0.25) is 0 Å². The molecule has 2 N–H and O–H groups in total. The van der Waals surface area contributed by atoms with Crippen molar-refractivity contribution in [1.29, 1.82) is 0 Å². The molecule has 0 radical (unpaired) electrons. The third kappa shape index (κ3) is 3.92. The molecule has 1 aliphatic heterocycles. The summed E-state index contributed by atoms with van der Waals surface area (Å²) < 4.78 is 5.23. The number of carbonyl (C=O) groups excluding carboxylic acids is 1. The molecule has 3 heteroatoms. The van der Waals surface area contributed by atoms with E-state index in [1.54, 1.807) is 0 Å². The second-order valence-corrected chi connectivity index (χ2v) is 4.50. The average Bonchev–Trinajstić information content (AvgIpc) is 2.25. The van der Waals surface area contributed by atoms with Crippen molar-refractivity contribution in [2.45, 2.75) is 57.4 Å². The van der Waals surface area contributed by atoms with E-state index in [2.05, 4.69) is 6.92 Å². The third-order valence-corrected chi connectivity index (χ3v) is 3.20. The van der Waals surface area contributed by atoms with E-state index < -0.39 is 5.54 Å². The molecule has 0 aromatic heterocycles. The fourth-order valence-electron chi connectivity index (χ4n) is 1.98. The summed E-state index contributed by atoms with van der Waals surface area (Å²) in [6.07, 6.45) is 6.60. The van der Waals surface area contributed by atoms with Gasteiger partial charge < -0.3 is 10.5 Å². The molecule has 0 bridgehead atoms. The Kier molecular flexibility index (Phi) is 5.26. The molecule has 0 unspecified atom stereocenters. The maximum Gasteiger partial charge on any atom is 0.152 e. The van der Waals surface area contributed by atoms with Crippen LogP contribution in [0.25, 0.3) is 0 Å². The summed E-state index contributed by atoms with van der Waals surface area (Å²) in [5.41, 5.74) is 5.51. The van der Waals surface area contributed by atoms with E-state index in [0.29, 0.717) is 32.5 Å². The summed E-state index contributed by atoms with van der Waals surface area (Å²) >= 11 is 0. The normalized spacial score (nSPS) is 20.1. The molecule has 0 aromatic rings. The minimum Gasteiger partial charge on any atom is -0.381 e. The molecule has 1 rings (SSSR count). The standard InChI is InChI=1S/C12H23NO2/c1-2-3-4-5-6-11(14)12(13)7-9-15-10-8-12/h2-10,13H2,1H3. The van der Waals surface area contributed by atoms with Gasteiger partial charge in [-0.25, -0.2) is 0 Å². The van der Waals surface area contributed by atoms with Crippen LogP contribution in [0.2, 0.25) is 0 Å². The first kappa shape index (κ1) is 12.7. The van der Waals surface area contributed by atoms with Crippen molar-refractivity contribution in [2.75, 3.05) is 13.2 Å². The van der Waals surface area contributed by atoms with Crippen LogP contribution in [0.1, 0.15) is 51.9 Å². The monoisotopic (exact) mass is 213 g/mol. The molecule has 0 aliphatic carbocycles. The van der Waals surface area contributed by atoms with E-state index >= 15 is 0 Å². The second-order valence-electron chi connectivity index (χ2n) is 4.50. The zero-order valence-electron chi connectivity index (χ0n) is 9.76. The number of ether oxygens (including phenoxy) is 1. The Balaban J connectivity index is 2.25. The van der Waals surface area contributed by atoms with Crippen molar-refractivity contribution in [3.8, 4) is 0 Å². The molecule has 15 heavy (non-hydrogen) atoms. The van der Waals surface area contributed by atoms with Gasteiger partial charge in [-0.3, -0.25) is 4.79 Å². The molecule has 1 saturated heterocycles. The summed E-state index contributed by atoms with van der Waals surface area (Å²) in [4.78, 5) is 11.9. The molecule has 1 aliphatic rings. The number of ketones is 1. The van der Waals surface area contributed by atoms with Crippen LogP contribution in [-0.4, -0.2) is 24.5 Å². The second kappa shape index (κ2) is 6.23. The number of carbonyl (C=O) groups is 1. The van der Waals surface area contributed by atoms with Gasteiger partial charge in [0.05, 0.1) is 5.54 Å². The fourth-order valence-corrected chi connectivity index (χ4v) is 1.98. The van der Waals surface area contributed by atoms with Crippen molar-refractivity contribution < 1.29 is 9.53 Å². The Hall–Kier alpha value is -0.410. The van der Waals surface area contributed by atoms with Crippen molar-refractivity contribution in [3.63, 3.8) is 0 Å². The molecule has 0 amide bonds. The Morgan fingerprint density at radius 1 is 1.27 bits per heavy atom. The molecule has 0 aromatic carbocycles. The first-order valence-corrected chi connectivity index (χ1v) is 6.09. The minimum absolute atomic E-state index is 0.238. The zero-order valence-corrected chi connectivity index (χ0v) is 9.76. The lowest BCUT2D eigenvalue weighted by Gasteiger charge is -2.31. The van der Waals surface area contributed by atoms with Gasteiger partial charge in [0.15, 0.2) is 5.78 Å². The summed E-state index contributed by atoms with van der Waals surface area (Å²) in [5.74, 6) is 0.238. The Labute approximate surface area is 92.4 Å². The first-order valence-electron chi connectivity index (χ1n) is 6.09. The highest BCUT2D eigenvalue weighted by atomic mass is 16.5. The Bertz CT molecular complexity index is 198. The number of unbranched alkanes of at least 4 members (excludes halogenated alkanes) is 3. The first-order chi connectivity index (χ1) is 7.19. The number of hydrogen-bond acceptors (Lipinski definition) is 3. The van der Waals surface area contributed by atoms with Gasteiger partial charge in [0, 0.05) is 19.6 Å². The summed E-state index contributed by atoms with van der Waals surface area (Å²) in [6.45, 7) is 3.44. The zero-order chi connectivity index (χ0) is 11.1. The smallest absolute Gasteiger partial charge is 0.152 e. The van der Waals surface area contributed by atoms with E-state index in [0.717, 1.165) is 12.8 Å². The fraction of sp³-hybridized carbons (Fsp3) is 0.917. The maximum absolute atomic E-state index is 11.9. The van der Waals surface area contributed by atoms with Gasteiger partial charge in [0.1, 0.15) is 0 Å². The Morgan fingerprint density at radius 2 is 1.93 bits per heavy atom. The highest BCUT2D eigenvalue weighted by Crippen LogP contribution is 2.21. The number of nitrogens with two attached hydrogens (primary N) is 1. The van der Waals surface area contributed by atoms with E-state index in [1.807, 2.05) is 0 Å². The number of rotatable bonds is 6. The lowest BCUT2D eigenvalue weighted by Crippen LogP contribution is -2.51.